The highest BCUT2D eigenvalue weighted by Gasteiger charge is 2.30. The van der Waals surface area contributed by atoms with E-state index in [1.54, 1.807) is 12.4 Å². The van der Waals surface area contributed by atoms with Gasteiger partial charge in [0.1, 0.15) is 0 Å². The van der Waals surface area contributed by atoms with Gasteiger partial charge in [-0.25, -0.2) is 0 Å². The number of aromatic nitrogens is 3. The number of likely N-dealkylation sites (tertiary alicyclic amines) is 1. The Morgan fingerprint density at radius 1 is 1.09 bits per heavy atom. The maximum Gasteiger partial charge on any atom is 0.231 e. The van der Waals surface area contributed by atoms with Crippen molar-refractivity contribution in [2.24, 2.45) is 5.92 Å². The van der Waals surface area contributed by atoms with E-state index >= 15 is 0 Å². The maximum atomic E-state index is 5.53. The van der Waals surface area contributed by atoms with Crippen LogP contribution in [0, 0.1) is 5.92 Å². The van der Waals surface area contributed by atoms with Crippen LogP contribution in [0.15, 0.2) is 29.0 Å². The van der Waals surface area contributed by atoms with Gasteiger partial charge in [-0.1, -0.05) is 24.4 Å². The van der Waals surface area contributed by atoms with Crippen molar-refractivity contribution in [3.05, 3.63) is 30.4 Å². The first-order valence-corrected chi connectivity index (χ1v) is 8.85. The Hall–Kier alpha value is -1.75. The van der Waals surface area contributed by atoms with Gasteiger partial charge in [0.15, 0.2) is 0 Å². The summed E-state index contributed by atoms with van der Waals surface area (Å²) in [5.41, 5.74) is 0.965. The lowest BCUT2D eigenvalue weighted by molar-refractivity contribution is 0.229. The van der Waals surface area contributed by atoms with E-state index in [0.29, 0.717) is 11.7 Å². The molecule has 2 aliphatic rings. The van der Waals surface area contributed by atoms with Crippen LogP contribution in [0.4, 0.5) is 0 Å². The van der Waals surface area contributed by atoms with E-state index in [1.165, 1.54) is 38.6 Å². The van der Waals surface area contributed by atoms with Crippen LogP contribution in [0.3, 0.4) is 0 Å². The average molecular weight is 312 g/mol. The van der Waals surface area contributed by atoms with Gasteiger partial charge in [-0.3, -0.25) is 4.98 Å². The molecule has 2 aromatic heterocycles. The van der Waals surface area contributed by atoms with Crippen LogP contribution in [-0.2, 0) is 0 Å². The predicted octanol–water partition coefficient (Wildman–Crippen LogP) is 3.50. The molecule has 5 heteroatoms. The number of hydrogen-bond acceptors (Lipinski definition) is 5. The van der Waals surface area contributed by atoms with Gasteiger partial charge in [-0.15, -0.1) is 0 Å². The molecule has 2 fully saturated rings. The lowest BCUT2D eigenvalue weighted by Crippen LogP contribution is -2.28. The number of rotatable bonds is 4. The van der Waals surface area contributed by atoms with Crippen molar-refractivity contribution < 1.29 is 4.52 Å². The third-order valence-electron chi connectivity index (χ3n) is 5.24. The van der Waals surface area contributed by atoms with Gasteiger partial charge in [-0.05, 0) is 43.9 Å². The Kier molecular flexibility index (Phi) is 4.37. The summed E-state index contributed by atoms with van der Waals surface area (Å²) in [6.07, 6.45) is 11.7. The molecule has 0 aromatic carbocycles. The first-order chi connectivity index (χ1) is 11.4. The zero-order valence-electron chi connectivity index (χ0n) is 13.5. The van der Waals surface area contributed by atoms with Gasteiger partial charge in [-0.2, -0.15) is 4.98 Å². The quantitative estimate of drug-likeness (QED) is 0.865. The Labute approximate surface area is 137 Å². The summed E-state index contributed by atoms with van der Waals surface area (Å²) in [7, 11) is 0. The van der Waals surface area contributed by atoms with Crippen LogP contribution in [-0.4, -0.2) is 39.7 Å². The first kappa shape index (κ1) is 14.8. The number of hydrogen-bond donors (Lipinski definition) is 0. The largest absolute Gasteiger partial charge is 0.339 e. The van der Waals surface area contributed by atoms with Gasteiger partial charge < -0.3 is 9.42 Å². The van der Waals surface area contributed by atoms with Crippen molar-refractivity contribution in [3.8, 4) is 11.4 Å². The Bertz CT molecular complexity index is 621. The Morgan fingerprint density at radius 2 is 1.91 bits per heavy atom. The molecule has 0 amide bonds. The summed E-state index contributed by atoms with van der Waals surface area (Å²) in [5.74, 6) is 2.76. The highest BCUT2D eigenvalue weighted by molar-refractivity contribution is 5.52. The molecule has 1 saturated heterocycles. The molecule has 0 N–H and O–H groups in total. The van der Waals surface area contributed by atoms with Crippen molar-refractivity contribution in [2.45, 2.75) is 44.4 Å². The topological polar surface area (TPSA) is 55.1 Å². The van der Waals surface area contributed by atoms with Crippen molar-refractivity contribution in [1.29, 1.82) is 0 Å². The normalized spacial score (nSPS) is 23.4. The minimum atomic E-state index is 0.390. The molecule has 0 spiro atoms. The monoisotopic (exact) mass is 312 g/mol. The minimum absolute atomic E-state index is 0.390. The predicted molar refractivity (Wildman–Crippen MR) is 87.9 cm³/mol. The van der Waals surface area contributed by atoms with Crippen molar-refractivity contribution in [1.82, 2.24) is 20.0 Å². The molecule has 5 nitrogen and oxygen atoms in total. The molecular formula is C18H24N4O. The van der Waals surface area contributed by atoms with E-state index in [9.17, 15) is 0 Å². The fourth-order valence-corrected chi connectivity index (χ4v) is 3.95. The Morgan fingerprint density at radius 3 is 2.74 bits per heavy atom. The van der Waals surface area contributed by atoms with Crippen LogP contribution in [0.2, 0.25) is 0 Å². The van der Waals surface area contributed by atoms with Crippen molar-refractivity contribution in [2.75, 3.05) is 19.6 Å². The fourth-order valence-electron chi connectivity index (χ4n) is 3.95. The molecule has 0 unspecified atom stereocenters. The van der Waals surface area contributed by atoms with Gasteiger partial charge in [0.05, 0.1) is 5.92 Å². The van der Waals surface area contributed by atoms with Crippen molar-refractivity contribution in [3.63, 3.8) is 0 Å². The summed E-state index contributed by atoms with van der Waals surface area (Å²) in [4.78, 5) is 11.2. The average Bonchev–Trinajstić information content (AvgIpc) is 3.26. The zero-order valence-corrected chi connectivity index (χ0v) is 13.5. The van der Waals surface area contributed by atoms with E-state index in [1.807, 2.05) is 12.1 Å². The molecule has 1 aliphatic heterocycles. The molecule has 1 aliphatic carbocycles. The lowest BCUT2D eigenvalue weighted by atomic mass is 9.89. The molecule has 23 heavy (non-hydrogen) atoms. The molecule has 1 saturated carbocycles. The van der Waals surface area contributed by atoms with Crippen molar-refractivity contribution >= 4 is 0 Å². The van der Waals surface area contributed by atoms with Crippen LogP contribution >= 0.6 is 0 Å². The second-order valence-corrected chi connectivity index (χ2v) is 6.94. The molecule has 0 bridgehead atoms. The number of pyridine rings is 1. The molecular weight excluding hydrogens is 288 g/mol. The Balaban J connectivity index is 1.37. The summed E-state index contributed by atoms with van der Waals surface area (Å²) < 4.78 is 5.53. The summed E-state index contributed by atoms with van der Waals surface area (Å²) in [5, 5.41) is 4.14. The molecule has 0 radical (unpaired) electrons. The lowest BCUT2D eigenvalue weighted by Gasteiger charge is -2.26. The van der Waals surface area contributed by atoms with Crippen LogP contribution < -0.4 is 0 Å². The minimum Gasteiger partial charge on any atom is -0.339 e. The maximum absolute atomic E-state index is 5.53. The highest BCUT2D eigenvalue weighted by atomic mass is 16.5. The zero-order chi connectivity index (χ0) is 15.5. The third-order valence-corrected chi connectivity index (χ3v) is 5.24. The smallest absolute Gasteiger partial charge is 0.231 e. The van der Waals surface area contributed by atoms with Gasteiger partial charge in [0, 0.05) is 31.0 Å². The van der Waals surface area contributed by atoms with Crippen LogP contribution in [0.5, 0.6) is 0 Å². The first-order valence-electron chi connectivity index (χ1n) is 8.85. The van der Waals surface area contributed by atoms with Gasteiger partial charge >= 0.3 is 0 Å². The van der Waals surface area contributed by atoms with E-state index < -0.39 is 0 Å². The fraction of sp³-hybridized carbons (Fsp3) is 0.611. The van der Waals surface area contributed by atoms with Gasteiger partial charge in [0.2, 0.25) is 11.7 Å². The molecule has 2 aromatic rings. The SMILES string of the molecule is c1cc(-c2noc([C@H]3CCN(CC4CCCCC4)C3)n2)ccn1. The second kappa shape index (κ2) is 6.79. The van der Waals surface area contributed by atoms with E-state index in [-0.39, 0.29) is 0 Å². The highest BCUT2D eigenvalue weighted by Crippen LogP contribution is 2.30. The number of nitrogens with zero attached hydrogens (tertiary/aromatic N) is 4. The summed E-state index contributed by atoms with van der Waals surface area (Å²) in [6, 6.07) is 3.83. The van der Waals surface area contributed by atoms with Crippen LogP contribution in [0.25, 0.3) is 11.4 Å². The van der Waals surface area contributed by atoms with E-state index in [4.69, 9.17) is 4.52 Å². The van der Waals surface area contributed by atoms with E-state index in [2.05, 4.69) is 20.0 Å². The third kappa shape index (κ3) is 3.44. The molecule has 4 rings (SSSR count). The van der Waals surface area contributed by atoms with Crippen LogP contribution in [0.1, 0.15) is 50.3 Å². The second-order valence-electron chi connectivity index (χ2n) is 6.94. The van der Waals surface area contributed by atoms with E-state index in [0.717, 1.165) is 36.9 Å². The standard InChI is InChI=1S/C18H24N4O/c1-2-4-14(5-3-1)12-22-11-8-16(13-22)18-20-17(21-23-18)15-6-9-19-10-7-15/h6-7,9-10,14,16H,1-5,8,11-13H2/t16-/m0/s1. The van der Waals surface area contributed by atoms with Gasteiger partial charge in [0.25, 0.3) is 0 Å². The molecule has 122 valence electrons. The summed E-state index contributed by atoms with van der Waals surface area (Å²) in [6.45, 7) is 3.48. The molecule has 1 atom stereocenters. The summed E-state index contributed by atoms with van der Waals surface area (Å²) >= 11 is 0. The molecule has 3 heterocycles.